The van der Waals surface area contributed by atoms with E-state index in [9.17, 15) is 4.79 Å². The van der Waals surface area contributed by atoms with Gasteiger partial charge in [0.15, 0.2) is 0 Å². The normalized spacial score (nSPS) is 10.8. The Kier molecular flexibility index (Phi) is 3.13. The van der Waals surface area contributed by atoms with Gasteiger partial charge >= 0.3 is 0 Å². The van der Waals surface area contributed by atoms with Crippen molar-refractivity contribution >= 4 is 28.0 Å². The first-order valence-corrected chi connectivity index (χ1v) is 7.08. The molecule has 0 unspecified atom stereocenters. The molecule has 0 aliphatic rings. The fourth-order valence-electron chi connectivity index (χ4n) is 2.11. The Balaban J connectivity index is 2.11. The monoisotopic (exact) mass is 267 g/mol. The van der Waals surface area contributed by atoms with Gasteiger partial charge < -0.3 is 0 Å². The molecule has 3 heteroatoms. The quantitative estimate of drug-likeness (QED) is 0.669. The second kappa shape index (κ2) is 4.94. The summed E-state index contributed by atoms with van der Waals surface area (Å²) in [6.07, 6.45) is 2.69. The van der Waals surface area contributed by atoms with Crippen LogP contribution >= 0.6 is 11.3 Å². The lowest BCUT2D eigenvalue weighted by atomic mass is 10.1. The van der Waals surface area contributed by atoms with Crippen LogP contribution in [0.5, 0.6) is 0 Å². The first kappa shape index (κ1) is 12.1. The van der Waals surface area contributed by atoms with Crippen molar-refractivity contribution in [1.82, 2.24) is 4.98 Å². The highest BCUT2D eigenvalue weighted by Gasteiger charge is 2.14. The SMILES string of the molecule is CCc1ccc(C(=O)c2cccc3cccnc23)s1. The Morgan fingerprint density at radius 3 is 2.79 bits per heavy atom. The predicted molar refractivity (Wildman–Crippen MR) is 78.9 cm³/mol. The van der Waals surface area contributed by atoms with E-state index in [0.29, 0.717) is 5.56 Å². The van der Waals surface area contributed by atoms with Crippen LogP contribution in [-0.4, -0.2) is 10.8 Å². The van der Waals surface area contributed by atoms with Gasteiger partial charge in [0.05, 0.1) is 10.4 Å². The number of hydrogen-bond acceptors (Lipinski definition) is 3. The molecule has 2 nitrogen and oxygen atoms in total. The molecule has 0 saturated carbocycles. The van der Waals surface area contributed by atoms with Crippen molar-refractivity contribution in [2.24, 2.45) is 0 Å². The summed E-state index contributed by atoms with van der Waals surface area (Å²) in [6, 6.07) is 13.5. The maximum atomic E-state index is 12.6. The van der Waals surface area contributed by atoms with Gasteiger partial charge in [-0.25, -0.2) is 0 Å². The highest BCUT2D eigenvalue weighted by atomic mass is 32.1. The van der Waals surface area contributed by atoms with Crippen LogP contribution in [0, 0.1) is 0 Å². The van der Waals surface area contributed by atoms with E-state index in [1.54, 1.807) is 17.5 Å². The van der Waals surface area contributed by atoms with E-state index in [1.807, 2.05) is 42.5 Å². The van der Waals surface area contributed by atoms with Gasteiger partial charge in [-0.2, -0.15) is 0 Å². The first-order valence-electron chi connectivity index (χ1n) is 6.26. The van der Waals surface area contributed by atoms with Gasteiger partial charge in [0, 0.05) is 22.0 Å². The van der Waals surface area contributed by atoms with Gasteiger partial charge in [-0.3, -0.25) is 9.78 Å². The number of aryl methyl sites for hydroxylation is 1. The number of aromatic nitrogens is 1. The lowest BCUT2D eigenvalue weighted by Gasteiger charge is -2.03. The van der Waals surface area contributed by atoms with Crippen LogP contribution in [0.4, 0.5) is 0 Å². The van der Waals surface area contributed by atoms with Crippen LogP contribution in [0.2, 0.25) is 0 Å². The third kappa shape index (κ3) is 2.17. The predicted octanol–water partition coefficient (Wildman–Crippen LogP) is 4.09. The molecule has 19 heavy (non-hydrogen) atoms. The number of carbonyl (C=O) groups excluding carboxylic acids is 1. The Morgan fingerprint density at radius 1 is 1.16 bits per heavy atom. The second-order valence-electron chi connectivity index (χ2n) is 4.33. The molecule has 0 bridgehead atoms. The molecular weight excluding hydrogens is 254 g/mol. The fraction of sp³-hybridized carbons (Fsp3) is 0.125. The van der Waals surface area contributed by atoms with Crippen LogP contribution in [0.1, 0.15) is 27.0 Å². The molecule has 3 rings (SSSR count). The summed E-state index contributed by atoms with van der Waals surface area (Å²) in [4.78, 5) is 18.9. The molecule has 3 aromatic rings. The molecule has 0 fully saturated rings. The van der Waals surface area contributed by atoms with Crippen molar-refractivity contribution < 1.29 is 4.79 Å². The zero-order valence-corrected chi connectivity index (χ0v) is 11.4. The van der Waals surface area contributed by atoms with Crippen LogP contribution in [-0.2, 0) is 6.42 Å². The third-order valence-corrected chi connectivity index (χ3v) is 4.34. The summed E-state index contributed by atoms with van der Waals surface area (Å²) in [7, 11) is 0. The number of carbonyl (C=O) groups is 1. The van der Waals surface area contributed by atoms with E-state index in [1.165, 1.54) is 4.88 Å². The van der Waals surface area contributed by atoms with Gasteiger partial charge in [-0.05, 0) is 30.7 Å². The number of nitrogens with zero attached hydrogens (tertiary/aromatic N) is 1. The highest BCUT2D eigenvalue weighted by molar-refractivity contribution is 7.14. The fourth-order valence-corrected chi connectivity index (χ4v) is 3.01. The zero-order chi connectivity index (χ0) is 13.2. The smallest absolute Gasteiger partial charge is 0.205 e. The van der Waals surface area contributed by atoms with Gasteiger partial charge in [-0.1, -0.05) is 25.1 Å². The van der Waals surface area contributed by atoms with E-state index in [2.05, 4.69) is 11.9 Å². The summed E-state index contributed by atoms with van der Waals surface area (Å²) in [5.74, 6) is 0.0639. The Hall–Kier alpha value is -2.00. The van der Waals surface area contributed by atoms with E-state index in [4.69, 9.17) is 0 Å². The number of fused-ring (bicyclic) bond motifs is 1. The summed E-state index contributed by atoms with van der Waals surface area (Å²) in [5.41, 5.74) is 1.46. The number of para-hydroxylation sites is 1. The van der Waals surface area contributed by atoms with Crippen molar-refractivity contribution in [3.8, 4) is 0 Å². The number of thiophene rings is 1. The molecule has 0 aliphatic heterocycles. The van der Waals surface area contributed by atoms with Gasteiger partial charge in [0.2, 0.25) is 5.78 Å². The summed E-state index contributed by atoms with van der Waals surface area (Å²) >= 11 is 1.57. The Morgan fingerprint density at radius 2 is 2.00 bits per heavy atom. The number of rotatable bonds is 3. The molecule has 0 amide bonds. The topological polar surface area (TPSA) is 30.0 Å². The van der Waals surface area contributed by atoms with Crippen molar-refractivity contribution in [1.29, 1.82) is 0 Å². The minimum atomic E-state index is 0.0639. The van der Waals surface area contributed by atoms with Crippen LogP contribution < -0.4 is 0 Å². The molecule has 0 spiro atoms. The summed E-state index contributed by atoms with van der Waals surface area (Å²) in [5, 5.41) is 1.00. The van der Waals surface area contributed by atoms with Crippen molar-refractivity contribution in [2.75, 3.05) is 0 Å². The maximum absolute atomic E-state index is 12.6. The zero-order valence-electron chi connectivity index (χ0n) is 10.6. The van der Waals surface area contributed by atoms with E-state index < -0.39 is 0 Å². The molecular formula is C16H13NOS. The number of ketones is 1. The maximum Gasteiger partial charge on any atom is 0.205 e. The molecule has 2 aromatic heterocycles. The third-order valence-electron chi connectivity index (χ3n) is 3.11. The van der Waals surface area contributed by atoms with Crippen molar-refractivity contribution in [2.45, 2.75) is 13.3 Å². The average Bonchev–Trinajstić information content (AvgIpc) is 2.95. The van der Waals surface area contributed by atoms with Crippen molar-refractivity contribution in [3.05, 3.63) is 64.0 Å². The summed E-state index contributed by atoms with van der Waals surface area (Å²) in [6.45, 7) is 2.10. The summed E-state index contributed by atoms with van der Waals surface area (Å²) < 4.78 is 0. The van der Waals surface area contributed by atoms with Gasteiger partial charge in [-0.15, -0.1) is 11.3 Å². The first-order chi connectivity index (χ1) is 9.29. The average molecular weight is 267 g/mol. The lowest BCUT2D eigenvalue weighted by molar-refractivity contribution is 0.104. The molecule has 0 N–H and O–H groups in total. The van der Waals surface area contributed by atoms with Gasteiger partial charge in [0.1, 0.15) is 0 Å². The number of hydrogen-bond donors (Lipinski definition) is 0. The molecule has 2 heterocycles. The van der Waals surface area contributed by atoms with Gasteiger partial charge in [0.25, 0.3) is 0 Å². The van der Waals surface area contributed by atoms with E-state index >= 15 is 0 Å². The number of pyridine rings is 1. The Bertz CT molecular complexity index is 740. The molecule has 0 aliphatic carbocycles. The molecule has 0 atom stereocenters. The largest absolute Gasteiger partial charge is 0.288 e. The minimum Gasteiger partial charge on any atom is -0.288 e. The van der Waals surface area contributed by atoms with Crippen LogP contribution in [0.25, 0.3) is 10.9 Å². The van der Waals surface area contributed by atoms with Crippen LogP contribution in [0.15, 0.2) is 48.7 Å². The highest BCUT2D eigenvalue weighted by Crippen LogP contribution is 2.24. The second-order valence-corrected chi connectivity index (χ2v) is 5.50. The molecule has 94 valence electrons. The lowest BCUT2D eigenvalue weighted by Crippen LogP contribution is -2.00. The molecule has 0 radical (unpaired) electrons. The Labute approximate surface area is 115 Å². The van der Waals surface area contributed by atoms with E-state index in [-0.39, 0.29) is 5.78 Å². The standard InChI is InChI=1S/C16H13NOS/c1-2-12-8-9-14(19-12)16(18)13-7-3-5-11-6-4-10-17-15(11)13/h3-10H,2H2,1H3. The van der Waals surface area contributed by atoms with E-state index in [0.717, 1.165) is 22.2 Å². The van der Waals surface area contributed by atoms with Crippen molar-refractivity contribution in [3.63, 3.8) is 0 Å². The molecule has 1 aromatic carbocycles. The minimum absolute atomic E-state index is 0.0639. The molecule has 0 saturated heterocycles. The van der Waals surface area contributed by atoms with Crippen LogP contribution in [0.3, 0.4) is 0 Å². The number of benzene rings is 1.